The third-order valence-electron chi connectivity index (χ3n) is 13.1. The summed E-state index contributed by atoms with van der Waals surface area (Å²) in [6.07, 6.45) is 0. The van der Waals surface area contributed by atoms with Crippen LogP contribution < -0.4 is 4.90 Å². The molecule has 1 aromatic heterocycles. The molecule has 11 aromatic rings. The van der Waals surface area contributed by atoms with Crippen LogP contribution in [0.4, 0.5) is 17.1 Å². The summed E-state index contributed by atoms with van der Waals surface area (Å²) in [6, 6.07) is 72.2. The number of para-hydroxylation sites is 1. The second kappa shape index (κ2) is 14.2. The van der Waals surface area contributed by atoms with E-state index in [4.69, 9.17) is 0 Å². The minimum absolute atomic E-state index is 0.0401. The van der Waals surface area contributed by atoms with Gasteiger partial charge in [-0.2, -0.15) is 0 Å². The number of anilines is 3. The molecule has 300 valence electrons. The van der Waals surface area contributed by atoms with Gasteiger partial charge >= 0.3 is 0 Å². The molecule has 2 heteroatoms. The molecule has 10 aromatic carbocycles. The smallest absolute Gasteiger partial charge is 0.0541 e. The lowest BCUT2D eigenvalue weighted by Gasteiger charge is -2.28. The van der Waals surface area contributed by atoms with Gasteiger partial charge in [-0.1, -0.05) is 175 Å². The molecule has 62 heavy (non-hydrogen) atoms. The maximum atomic E-state index is 2.52. The number of benzene rings is 10. The van der Waals surface area contributed by atoms with E-state index in [0.717, 1.165) is 17.1 Å². The Morgan fingerprint density at radius 3 is 1.42 bits per heavy atom. The lowest BCUT2D eigenvalue weighted by Crippen LogP contribution is -2.10. The third kappa shape index (κ3) is 6.16. The average Bonchev–Trinajstić information content (AvgIpc) is 3.62. The second-order valence-corrected chi connectivity index (χ2v) is 19.0. The highest BCUT2D eigenvalue weighted by atomic mass is 15.1. The molecule has 1 heterocycles. The molecule has 0 amide bonds. The van der Waals surface area contributed by atoms with E-state index < -0.39 is 0 Å². The van der Waals surface area contributed by atoms with Crippen molar-refractivity contribution in [2.45, 2.75) is 52.4 Å². The number of nitrogens with zero attached hydrogens (tertiary/aromatic N) is 2. The Kier molecular flexibility index (Phi) is 8.67. The van der Waals surface area contributed by atoms with Gasteiger partial charge in [-0.15, -0.1) is 0 Å². The van der Waals surface area contributed by atoms with E-state index in [0.29, 0.717) is 0 Å². The molecule has 0 atom stereocenters. The van der Waals surface area contributed by atoms with E-state index >= 15 is 0 Å². The highest BCUT2D eigenvalue weighted by Gasteiger charge is 2.24. The predicted molar refractivity (Wildman–Crippen MR) is 267 cm³/mol. The largest absolute Gasteiger partial charge is 0.310 e. The minimum Gasteiger partial charge on any atom is -0.310 e. The lowest BCUT2D eigenvalue weighted by molar-refractivity contribution is 0.590. The number of rotatable bonds is 6. The highest BCUT2D eigenvalue weighted by Crippen LogP contribution is 2.47. The van der Waals surface area contributed by atoms with Crippen LogP contribution in [0, 0.1) is 0 Å². The number of hydrogen-bond donors (Lipinski definition) is 0. The molecule has 2 nitrogen and oxygen atoms in total. The Balaban J connectivity index is 1.11. The quantitative estimate of drug-likeness (QED) is 0.152. The lowest BCUT2D eigenvalue weighted by atomic mass is 9.85. The summed E-state index contributed by atoms with van der Waals surface area (Å²) >= 11 is 0. The first kappa shape index (κ1) is 37.8. The molecule has 0 aliphatic carbocycles. The van der Waals surface area contributed by atoms with Crippen LogP contribution in [0.15, 0.2) is 194 Å². The molecule has 0 unspecified atom stereocenters. The van der Waals surface area contributed by atoms with Crippen LogP contribution in [0.5, 0.6) is 0 Å². The van der Waals surface area contributed by atoms with Crippen molar-refractivity contribution < 1.29 is 0 Å². The Bertz CT molecular complexity index is 3380. The summed E-state index contributed by atoms with van der Waals surface area (Å²) in [5.74, 6) is 0. The van der Waals surface area contributed by atoms with Gasteiger partial charge in [0.25, 0.3) is 0 Å². The minimum atomic E-state index is 0.0401. The van der Waals surface area contributed by atoms with Crippen molar-refractivity contribution in [3.63, 3.8) is 0 Å². The van der Waals surface area contributed by atoms with Gasteiger partial charge < -0.3 is 9.47 Å². The van der Waals surface area contributed by atoms with Gasteiger partial charge in [0.2, 0.25) is 0 Å². The molecule has 0 aliphatic heterocycles. The van der Waals surface area contributed by atoms with Crippen molar-refractivity contribution in [1.29, 1.82) is 0 Å². The maximum Gasteiger partial charge on any atom is 0.0541 e. The van der Waals surface area contributed by atoms with Crippen molar-refractivity contribution >= 4 is 71.2 Å². The zero-order valence-corrected chi connectivity index (χ0v) is 36.4. The van der Waals surface area contributed by atoms with Gasteiger partial charge in [0.1, 0.15) is 0 Å². The SMILES string of the molecule is CC(C)(C)c1ccc2c(c1)c1cc(C(C)(C)C)ccc1n2-c1ccc2ccc3c(N(c4ccccc4)c4ccc(-c5ccccc5-c5ccccc5)cc4)ccc4ccc1c2c43. The summed E-state index contributed by atoms with van der Waals surface area (Å²) < 4.78 is 2.52. The van der Waals surface area contributed by atoms with Crippen LogP contribution in [-0.2, 0) is 10.8 Å². The molecule has 11 rings (SSSR count). The highest BCUT2D eigenvalue weighted by molar-refractivity contribution is 6.27. The van der Waals surface area contributed by atoms with E-state index in [1.807, 2.05) is 0 Å². The van der Waals surface area contributed by atoms with Crippen molar-refractivity contribution in [1.82, 2.24) is 4.57 Å². The Labute approximate surface area is 364 Å². The molecule has 0 spiro atoms. The van der Waals surface area contributed by atoms with Gasteiger partial charge in [-0.3, -0.25) is 0 Å². The van der Waals surface area contributed by atoms with Gasteiger partial charge in [0.15, 0.2) is 0 Å². The molecule has 0 radical (unpaired) electrons. The van der Waals surface area contributed by atoms with Crippen LogP contribution in [0.2, 0.25) is 0 Å². The standard InChI is InChI=1S/C60H50N2/c1-59(2,3)43-27-35-55-51(37-43)52-38-44(60(4,5)6)28-36-56(52)62(55)54-34-26-42-23-31-49-53(33-25-41-24-32-50(54)58(42)57(41)49)61(45-17-11-8-12-18-45)46-29-21-40(22-30-46)48-20-14-13-19-47(48)39-15-9-7-10-16-39/h7-38H,1-6H3. The summed E-state index contributed by atoms with van der Waals surface area (Å²) in [4.78, 5) is 2.42. The number of aromatic nitrogens is 1. The van der Waals surface area contributed by atoms with Crippen LogP contribution in [-0.4, -0.2) is 4.57 Å². The van der Waals surface area contributed by atoms with Gasteiger partial charge in [0, 0.05) is 32.9 Å². The number of hydrogen-bond acceptors (Lipinski definition) is 1. The molecule has 0 fully saturated rings. The Morgan fingerprint density at radius 1 is 0.371 bits per heavy atom. The monoisotopic (exact) mass is 798 g/mol. The van der Waals surface area contributed by atoms with Gasteiger partial charge in [0.05, 0.1) is 22.4 Å². The van der Waals surface area contributed by atoms with Crippen LogP contribution in [0.1, 0.15) is 52.7 Å². The Morgan fingerprint density at radius 2 is 0.839 bits per heavy atom. The maximum absolute atomic E-state index is 2.52. The molecule has 0 saturated heterocycles. The van der Waals surface area contributed by atoms with E-state index in [1.54, 1.807) is 0 Å². The molecular weight excluding hydrogens is 749 g/mol. The van der Waals surface area contributed by atoms with E-state index in [-0.39, 0.29) is 10.8 Å². The zero-order valence-electron chi connectivity index (χ0n) is 36.4. The van der Waals surface area contributed by atoms with E-state index in [2.05, 4.69) is 245 Å². The molecular formula is C60H50N2. The van der Waals surface area contributed by atoms with Crippen LogP contribution >= 0.6 is 0 Å². The normalized spacial score (nSPS) is 12.4. The Hall–Kier alpha value is -7.16. The summed E-state index contributed by atoms with van der Waals surface area (Å²) in [6.45, 7) is 13.9. The fourth-order valence-corrected chi connectivity index (χ4v) is 9.77. The molecule has 0 N–H and O–H groups in total. The van der Waals surface area contributed by atoms with Crippen LogP contribution in [0.25, 0.3) is 82.1 Å². The molecule has 0 aliphatic rings. The van der Waals surface area contributed by atoms with E-state index in [1.165, 1.54) is 93.2 Å². The fourth-order valence-electron chi connectivity index (χ4n) is 9.77. The third-order valence-corrected chi connectivity index (χ3v) is 13.1. The fraction of sp³-hybridized carbons (Fsp3) is 0.133. The average molecular weight is 799 g/mol. The first-order valence-electron chi connectivity index (χ1n) is 21.9. The van der Waals surface area contributed by atoms with Crippen molar-refractivity contribution in [2.75, 3.05) is 4.90 Å². The first-order valence-corrected chi connectivity index (χ1v) is 21.9. The first-order chi connectivity index (χ1) is 30.0. The van der Waals surface area contributed by atoms with Gasteiger partial charge in [-0.25, -0.2) is 0 Å². The van der Waals surface area contributed by atoms with Crippen molar-refractivity contribution in [3.05, 3.63) is 205 Å². The summed E-state index contributed by atoms with van der Waals surface area (Å²) in [5, 5.41) is 10.2. The van der Waals surface area contributed by atoms with Gasteiger partial charge in [-0.05, 0) is 126 Å². The summed E-state index contributed by atoms with van der Waals surface area (Å²) in [5.41, 5.74) is 14.7. The second-order valence-electron chi connectivity index (χ2n) is 19.0. The van der Waals surface area contributed by atoms with E-state index in [9.17, 15) is 0 Å². The topological polar surface area (TPSA) is 8.17 Å². The van der Waals surface area contributed by atoms with Crippen molar-refractivity contribution in [2.24, 2.45) is 0 Å². The zero-order chi connectivity index (χ0) is 42.3. The predicted octanol–water partition coefficient (Wildman–Crippen LogP) is 17.1. The number of fused-ring (bicyclic) bond motifs is 3. The van der Waals surface area contributed by atoms with Crippen molar-refractivity contribution in [3.8, 4) is 27.9 Å². The molecule has 0 bridgehead atoms. The summed E-state index contributed by atoms with van der Waals surface area (Å²) in [7, 11) is 0. The molecule has 0 saturated carbocycles. The van der Waals surface area contributed by atoms with Crippen LogP contribution in [0.3, 0.4) is 0 Å².